The third-order valence-corrected chi connectivity index (χ3v) is 1.50. The van der Waals surface area contributed by atoms with Gasteiger partial charge in [-0.15, -0.1) is 0 Å². The van der Waals surface area contributed by atoms with Gasteiger partial charge in [-0.2, -0.15) is 5.10 Å². The van der Waals surface area contributed by atoms with Crippen molar-refractivity contribution in [1.82, 2.24) is 9.78 Å². The highest BCUT2D eigenvalue weighted by Crippen LogP contribution is 1.95. The Morgan fingerprint density at radius 1 is 1.75 bits per heavy atom. The monoisotopic (exact) mass is 166 g/mol. The summed E-state index contributed by atoms with van der Waals surface area (Å²) in [6, 6.07) is 1.99. The van der Waals surface area contributed by atoms with Crippen LogP contribution < -0.4 is 5.73 Å². The van der Waals surface area contributed by atoms with Crippen LogP contribution in [0.15, 0.2) is 17.3 Å². The molecule has 1 aromatic rings. The van der Waals surface area contributed by atoms with Gasteiger partial charge in [0.2, 0.25) is 0 Å². The Morgan fingerprint density at radius 2 is 2.50 bits per heavy atom. The molecule has 0 unspecified atom stereocenters. The van der Waals surface area contributed by atoms with Crippen molar-refractivity contribution in [1.29, 1.82) is 0 Å². The van der Waals surface area contributed by atoms with Crippen molar-refractivity contribution in [3.05, 3.63) is 18.0 Å². The molecule has 0 aromatic carbocycles. The number of aromatic nitrogens is 2. The smallest absolute Gasteiger partial charge is 0.0905 e. The van der Waals surface area contributed by atoms with Crippen LogP contribution in [0.2, 0.25) is 0 Å². The highest BCUT2D eigenvalue weighted by atomic mass is 15.2. The minimum Gasteiger partial charge on any atom is -0.388 e. The SMILES string of the molecule is CC(N)=NCCc1ccn(C)n1. The lowest BCUT2D eigenvalue weighted by Gasteiger charge is -1.92. The van der Waals surface area contributed by atoms with Crippen molar-refractivity contribution in [2.24, 2.45) is 17.8 Å². The minimum atomic E-state index is 0.630. The first-order valence-electron chi connectivity index (χ1n) is 3.93. The van der Waals surface area contributed by atoms with Crippen molar-refractivity contribution in [3.63, 3.8) is 0 Å². The second-order valence-corrected chi connectivity index (χ2v) is 2.75. The Bertz CT molecular complexity index is 270. The summed E-state index contributed by atoms with van der Waals surface area (Å²) in [5.41, 5.74) is 6.44. The fourth-order valence-electron chi connectivity index (χ4n) is 0.943. The molecule has 0 aliphatic rings. The number of hydrogen-bond acceptors (Lipinski definition) is 2. The second kappa shape index (κ2) is 3.90. The number of hydrogen-bond donors (Lipinski definition) is 1. The first kappa shape index (κ1) is 8.77. The molecular formula is C8H14N4. The van der Waals surface area contributed by atoms with Gasteiger partial charge < -0.3 is 5.73 Å². The molecule has 0 radical (unpaired) electrons. The van der Waals surface area contributed by atoms with Gasteiger partial charge in [-0.25, -0.2) is 0 Å². The molecule has 0 aliphatic carbocycles. The maximum Gasteiger partial charge on any atom is 0.0905 e. The van der Waals surface area contributed by atoms with Crippen LogP contribution in [0.3, 0.4) is 0 Å². The first-order chi connectivity index (χ1) is 5.68. The minimum absolute atomic E-state index is 0.630. The standard InChI is InChI=1S/C8H14N4/c1-7(9)10-5-3-8-4-6-12(2)11-8/h4,6H,3,5H2,1-2H3,(H2,9,10). The number of rotatable bonds is 3. The lowest BCUT2D eigenvalue weighted by molar-refractivity contribution is 0.739. The number of nitrogens with two attached hydrogens (primary N) is 1. The van der Waals surface area contributed by atoms with Crippen molar-refractivity contribution >= 4 is 5.84 Å². The van der Waals surface area contributed by atoms with E-state index in [-0.39, 0.29) is 0 Å². The predicted octanol–water partition coefficient (Wildman–Crippen LogP) is 0.340. The summed E-state index contributed by atoms with van der Waals surface area (Å²) in [4.78, 5) is 4.07. The van der Waals surface area contributed by atoms with E-state index in [1.807, 2.05) is 19.3 Å². The Labute approximate surface area is 72.1 Å². The molecule has 1 aromatic heterocycles. The van der Waals surface area contributed by atoms with E-state index < -0.39 is 0 Å². The van der Waals surface area contributed by atoms with Crippen LogP contribution in [0.25, 0.3) is 0 Å². The van der Waals surface area contributed by atoms with Crippen LogP contribution in [0, 0.1) is 0 Å². The van der Waals surface area contributed by atoms with Crippen molar-refractivity contribution in [2.45, 2.75) is 13.3 Å². The van der Waals surface area contributed by atoms with Gasteiger partial charge in [-0.3, -0.25) is 9.67 Å². The predicted molar refractivity (Wildman–Crippen MR) is 49.1 cm³/mol. The van der Waals surface area contributed by atoms with E-state index in [1.54, 1.807) is 11.6 Å². The number of amidine groups is 1. The largest absolute Gasteiger partial charge is 0.388 e. The van der Waals surface area contributed by atoms with E-state index >= 15 is 0 Å². The zero-order valence-corrected chi connectivity index (χ0v) is 7.49. The van der Waals surface area contributed by atoms with Crippen molar-refractivity contribution < 1.29 is 0 Å². The van der Waals surface area contributed by atoms with Crippen LogP contribution in [0.4, 0.5) is 0 Å². The lowest BCUT2D eigenvalue weighted by Crippen LogP contribution is -2.06. The molecule has 0 aliphatic heterocycles. The molecule has 0 spiro atoms. The zero-order chi connectivity index (χ0) is 8.97. The molecule has 0 saturated heterocycles. The van der Waals surface area contributed by atoms with Crippen LogP contribution in [-0.2, 0) is 13.5 Å². The van der Waals surface area contributed by atoms with E-state index in [2.05, 4.69) is 10.1 Å². The molecule has 12 heavy (non-hydrogen) atoms. The molecule has 0 atom stereocenters. The molecule has 4 nitrogen and oxygen atoms in total. The van der Waals surface area contributed by atoms with E-state index in [1.165, 1.54) is 0 Å². The summed E-state index contributed by atoms with van der Waals surface area (Å²) in [5.74, 6) is 0.630. The Balaban J connectivity index is 2.38. The maximum atomic E-state index is 5.39. The second-order valence-electron chi connectivity index (χ2n) is 2.75. The fourth-order valence-corrected chi connectivity index (χ4v) is 0.943. The summed E-state index contributed by atoms with van der Waals surface area (Å²) < 4.78 is 1.79. The van der Waals surface area contributed by atoms with Crippen molar-refractivity contribution in [2.75, 3.05) is 6.54 Å². The van der Waals surface area contributed by atoms with E-state index in [4.69, 9.17) is 5.73 Å². The van der Waals surface area contributed by atoms with Gasteiger partial charge in [0.15, 0.2) is 0 Å². The van der Waals surface area contributed by atoms with E-state index in [9.17, 15) is 0 Å². The molecule has 66 valence electrons. The molecular weight excluding hydrogens is 152 g/mol. The van der Waals surface area contributed by atoms with Gasteiger partial charge in [0.05, 0.1) is 11.5 Å². The van der Waals surface area contributed by atoms with Crippen molar-refractivity contribution in [3.8, 4) is 0 Å². The topological polar surface area (TPSA) is 56.2 Å². The summed E-state index contributed by atoms with van der Waals surface area (Å²) in [7, 11) is 1.90. The quantitative estimate of drug-likeness (QED) is 0.520. The van der Waals surface area contributed by atoms with E-state index in [0.717, 1.165) is 18.7 Å². The van der Waals surface area contributed by atoms with Crippen LogP contribution in [0.5, 0.6) is 0 Å². The molecule has 1 heterocycles. The zero-order valence-electron chi connectivity index (χ0n) is 7.49. The van der Waals surface area contributed by atoms with Gasteiger partial charge in [0, 0.05) is 26.2 Å². The average Bonchev–Trinajstić information content (AvgIpc) is 2.35. The van der Waals surface area contributed by atoms with Gasteiger partial charge in [0.25, 0.3) is 0 Å². The highest BCUT2D eigenvalue weighted by molar-refractivity contribution is 5.77. The van der Waals surface area contributed by atoms with Gasteiger partial charge in [-0.05, 0) is 13.0 Å². The lowest BCUT2D eigenvalue weighted by atomic mass is 10.3. The van der Waals surface area contributed by atoms with E-state index in [0.29, 0.717) is 5.84 Å². The number of nitrogens with zero attached hydrogens (tertiary/aromatic N) is 3. The number of aliphatic imine (C=N–C) groups is 1. The van der Waals surface area contributed by atoms with Crippen LogP contribution in [-0.4, -0.2) is 22.2 Å². The summed E-state index contributed by atoms with van der Waals surface area (Å²) in [5, 5.41) is 4.21. The summed E-state index contributed by atoms with van der Waals surface area (Å²) >= 11 is 0. The molecule has 4 heteroatoms. The maximum absolute atomic E-state index is 5.39. The van der Waals surface area contributed by atoms with Gasteiger partial charge in [0.1, 0.15) is 0 Å². The van der Waals surface area contributed by atoms with Crippen LogP contribution in [0.1, 0.15) is 12.6 Å². The molecule has 0 bridgehead atoms. The molecule has 1 rings (SSSR count). The normalized spacial score (nSPS) is 12.0. The molecule has 0 saturated carbocycles. The summed E-state index contributed by atoms with van der Waals surface area (Å²) in [6.45, 7) is 2.51. The van der Waals surface area contributed by atoms with Crippen LogP contribution >= 0.6 is 0 Å². The third kappa shape index (κ3) is 2.74. The third-order valence-electron chi connectivity index (χ3n) is 1.50. The Kier molecular flexibility index (Phi) is 2.85. The summed E-state index contributed by atoms with van der Waals surface area (Å²) in [6.07, 6.45) is 2.78. The molecule has 0 fully saturated rings. The number of aryl methyl sites for hydroxylation is 1. The Morgan fingerprint density at radius 3 is 3.00 bits per heavy atom. The fraction of sp³-hybridized carbons (Fsp3) is 0.500. The molecule has 0 amide bonds. The van der Waals surface area contributed by atoms with Gasteiger partial charge >= 0.3 is 0 Å². The first-order valence-corrected chi connectivity index (χ1v) is 3.93. The Hall–Kier alpha value is -1.32. The average molecular weight is 166 g/mol. The highest BCUT2D eigenvalue weighted by Gasteiger charge is 1.94. The molecule has 2 N–H and O–H groups in total. The van der Waals surface area contributed by atoms with Gasteiger partial charge in [-0.1, -0.05) is 0 Å².